The maximum atomic E-state index is 12.2. The van der Waals surface area contributed by atoms with Crippen LogP contribution in [-0.4, -0.2) is 17.5 Å². The first kappa shape index (κ1) is 12.2. The molecule has 0 bridgehead atoms. The zero-order valence-corrected chi connectivity index (χ0v) is 10.4. The fourth-order valence-corrected chi connectivity index (χ4v) is 2.01. The largest absolute Gasteiger partial charge is 0.422 e. The summed E-state index contributed by atoms with van der Waals surface area (Å²) < 4.78 is 4.85. The van der Waals surface area contributed by atoms with Crippen molar-refractivity contribution in [1.29, 1.82) is 0 Å². The van der Waals surface area contributed by atoms with Gasteiger partial charge in [-0.05, 0) is 19.4 Å². The molecule has 0 saturated heterocycles. The minimum atomic E-state index is -0.610. The summed E-state index contributed by atoms with van der Waals surface area (Å²) in [6.07, 6.45) is 0. The van der Waals surface area contributed by atoms with Gasteiger partial charge in [-0.1, -0.05) is 18.2 Å². The molecule has 0 heterocycles. The minimum absolute atomic E-state index is 0.161. The minimum Gasteiger partial charge on any atom is -0.422 e. The van der Waals surface area contributed by atoms with E-state index in [0.29, 0.717) is 11.1 Å². The first-order chi connectivity index (χ1) is 8.43. The molecular weight excluding hydrogens is 232 g/mol. The van der Waals surface area contributed by atoms with Gasteiger partial charge in [0, 0.05) is 23.6 Å². The lowest BCUT2D eigenvalue weighted by Crippen LogP contribution is -2.24. The van der Waals surface area contributed by atoms with Gasteiger partial charge in [-0.2, -0.15) is 0 Å². The summed E-state index contributed by atoms with van der Waals surface area (Å²) in [4.78, 5) is 35.3. The van der Waals surface area contributed by atoms with E-state index in [0.717, 1.165) is 5.56 Å². The van der Waals surface area contributed by atoms with Crippen molar-refractivity contribution in [2.45, 2.75) is 20.8 Å². The van der Waals surface area contributed by atoms with Gasteiger partial charge in [0.1, 0.15) is 0 Å². The summed E-state index contributed by atoms with van der Waals surface area (Å²) in [6, 6.07) is 5.04. The zero-order chi connectivity index (χ0) is 13.4. The SMILES string of the molecule is CC(=O)OC1=C(C)C(=O)c2c(C)cccc2C1=O. The Morgan fingerprint density at radius 2 is 1.78 bits per heavy atom. The lowest BCUT2D eigenvalue weighted by atomic mass is 9.86. The second-order valence-electron chi connectivity index (χ2n) is 4.20. The first-order valence-corrected chi connectivity index (χ1v) is 5.51. The molecule has 0 amide bonds. The van der Waals surface area contributed by atoms with E-state index in [9.17, 15) is 14.4 Å². The fraction of sp³-hybridized carbons (Fsp3) is 0.214. The third kappa shape index (κ3) is 1.76. The predicted molar refractivity (Wildman–Crippen MR) is 64.3 cm³/mol. The van der Waals surface area contributed by atoms with Crippen LogP contribution in [-0.2, 0) is 9.53 Å². The van der Waals surface area contributed by atoms with Gasteiger partial charge in [0.15, 0.2) is 11.5 Å². The molecule has 0 aliphatic heterocycles. The van der Waals surface area contributed by atoms with Crippen molar-refractivity contribution in [1.82, 2.24) is 0 Å². The quantitative estimate of drug-likeness (QED) is 0.710. The van der Waals surface area contributed by atoms with E-state index in [-0.39, 0.29) is 17.1 Å². The molecule has 1 aliphatic carbocycles. The van der Waals surface area contributed by atoms with Crippen molar-refractivity contribution < 1.29 is 19.1 Å². The Bertz CT molecular complexity index is 608. The normalized spacial score (nSPS) is 14.6. The molecule has 2 rings (SSSR count). The van der Waals surface area contributed by atoms with E-state index in [1.165, 1.54) is 13.8 Å². The molecule has 0 unspecified atom stereocenters. The van der Waals surface area contributed by atoms with Crippen molar-refractivity contribution in [3.63, 3.8) is 0 Å². The number of Topliss-reactive ketones (excluding diaryl/α,β-unsaturated/α-hetero) is 2. The van der Waals surface area contributed by atoms with Gasteiger partial charge in [0.25, 0.3) is 0 Å². The molecule has 0 N–H and O–H groups in total. The van der Waals surface area contributed by atoms with Crippen LogP contribution in [0.5, 0.6) is 0 Å². The van der Waals surface area contributed by atoms with Crippen LogP contribution < -0.4 is 0 Å². The van der Waals surface area contributed by atoms with Crippen LogP contribution in [0.25, 0.3) is 0 Å². The first-order valence-electron chi connectivity index (χ1n) is 5.51. The Labute approximate surface area is 104 Å². The maximum Gasteiger partial charge on any atom is 0.308 e. The topological polar surface area (TPSA) is 60.4 Å². The summed E-state index contributed by atoms with van der Waals surface area (Å²) in [7, 11) is 0. The van der Waals surface area contributed by atoms with Gasteiger partial charge in [0.2, 0.25) is 5.78 Å². The number of hydrogen-bond donors (Lipinski definition) is 0. The number of allylic oxidation sites excluding steroid dienone is 2. The van der Waals surface area contributed by atoms with Crippen LogP contribution in [0.1, 0.15) is 40.1 Å². The van der Waals surface area contributed by atoms with Gasteiger partial charge in [-0.15, -0.1) is 0 Å². The van der Waals surface area contributed by atoms with Gasteiger partial charge in [-0.25, -0.2) is 0 Å². The summed E-state index contributed by atoms with van der Waals surface area (Å²) in [5.41, 5.74) is 1.61. The lowest BCUT2D eigenvalue weighted by molar-refractivity contribution is -0.136. The molecule has 0 spiro atoms. The number of carbonyl (C=O) groups is 3. The van der Waals surface area contributed by atoms with E-state index >= 15 is 0 Å². The molecular formula is C14H12O4. The highest BCUT2D eigenvalue weighted by Gasteiger charge is 2.32. The van der Waals surface area contributed by atoms with Crippen molar-refractivity contribution in [3.8, 4) is 0 Å². The van der Waals surface area contributed by atoms with Gasteiger partial charge in [-0.3, -0.25) is 14.4 Å². The van der Waals surface area contributed by atoms with E-state index in [1.54, 1.807) is 25.1 Å². The lowest BCUT2D eigenvalue weighted by Gasteiger charge is -2.19. The highest BCUT2D eigenvalue weighted by Crippen LogP contribution is 2.28. The Kier molecular flexibility index (Phi) is 2.87. The molecule has 0 fully saturated rings. The van der Waals surface area contributed by atoms with E-state index in [1.807, 2.05) is 0 Å². The standard InChI is InChI=1S/C14H12O4/c1-7-5-4-6-10-11(7)12(16)8(2)14(13(10)17)18-9(3)15/h4-6H,1-3H3. The number of aryl methyl sites for hydroxylation is 1. The van der Waals surface area contributed by atoms with Crippen LogP contribution >= 0.6 is 0 Å². The molecule has 0 radical (unpaired) electrons. The van der Waals surface area contributed by atoms with Crippen LogP contribution in [0, 0.1) is 6.92 Å². The molecule has 4 nitrogen and oxygen atoms in total. The van der Waals surface area contributed by atoms with Gasteiger partial charge < -0.3 is 4.74 Å². The molecule has 92 valence electrons. The maximum absolute atomic E-state index is 12.2. The second-order valence-corrected chi connectivity index (χ2v) is 4.20. The number of esters is 1. The average molecular weight is 244 g/mol. The number of ketones is 2. The van der Waals surface area contributed by atoms with E-state index in [4.69, 9.17) is 4.74 Å². The number of rotatable bonds is 1. The Morgan fingerprint density at radius 3 is 2.39 bits per heavy atom. The highest BCUT2D eigenvalue weighted by molar-refractivity contribution is 6.26. The Balaban J connectivity index is 2.64. The summed E-state index contributed by atoms with van der Waals surface area (Å²) in [6.45, 7) is 4.46. The van der Waals surface area contributed by atoms with Crippen molar-refractivity contribution in [2.24, 2.45) is 0 Å². The molecule has 4 heteroatoms. The molecule has 18 heavy (non-hydrogen) atoms. The molecule has 1 aliphatic rings. The molecule has 0 saturated carbocycles. The summed E-state index contributed by atoms with van der Waals surface area (Å²) >= 11 is 0. The highest BCUT2D eigenvalue weighted by atomic mass is 16.5. The third-order valence-electron chi connectivity index (χ3n) is 2.88. The van der Waals surface area contributed by atoms with Crippen LogP contribution in [0.4, 0.5) is 0 Å². The molecule has 0 atom stereocenters. The van der Waals surface area contributed by atoms with Crippen molar-refractivity contribution >= 4 is 17.5 Å². The molecule has 1 aromatic carbocycles. The van der Waals surface area contributed by atoms with Crippen LogP contribution in [0.2, 0.25) is 0 Å². The molecule has 1 aromatic rings. The number of hydrogen-bond acceptors (Lipinski definition) is 4. The van der Waals surface area contributed by atoms with Gasteiger partial charge in [0.05, 0.1) is 0 Å². The average Bonchev–Trinajstić information content (AvgIpc) is 2.31. The third-order valence-corrected chi connectivity index (χ3v) is 2.88. The number of fused-ring (bicyclic) bond motifs is 1. The summed E-state index contributed by atoms with van der Waals surface area (Å²) in [5, 5.41) is 0. The van der Waals surface area contributed by atoms with E-state index in [2.05, 4.69) is 0 Å². The Hall–Kier alpha value is -2.23. The number of carbonyl (C=O) groups excluding carboxylic acids is 3. The Morgan fingerprint density at radius 1 is 1.11 bits per heavy atom. The van der Waals surface area contributed by atoms with Crippen LogP contribution in [0.15, 0.2) is 29.5 Å². The van der Waals surface area contributed by atoms with Crippen LogP contribution in [0.3, 0.4) is 0 Å². The van der Waals surface area contributed by atoms with E-state index < -0.39 is 11.8 Å². The molecule has 0 aromatic heterocycles. The smallest absolute Gasteiger partial charge is 0.308 e. The second kappa shape index (κ2) is 4.22. The fourth-order valence-electron chi connectivity index (χ4n) is 2.01. The predicted octanol–water partition coefficient (Wildman–Crippen LogP) is 2.21. The van der Waals surface area contributed by atoms with Crippen molar-refractivity contribution in [2.75, 3.05) is 0 Å². The monoisotopic (exact) mass is 244 g/mol. The van der Waals surface area contributed by atoms with Gasteiger partial charge >= 0.3 is 5.97 Å². The summed E-state index contributed by atoms with van der Waals surface area (Å²) in [5.74, 6) is -1.45. The zero-order valence-electron chi connectivity index (χ0n) is 10.4. The number of benzene rings is 1. The number of ether oxygens (including phenoxy) is 1. The van der Waals surface area contributed by atoms with Crippen molar-refractivity contribution in [3.05, 3.63) is 46.2 Å².